The molecular formula is C17H14Cl2N2O5. The first-order valence-corrected chi connectivity index (χ1v) is 8.19. The summed E-state index contributed by atoms with van der Waals surface area (Å²) in [4.78, 5) is 33.9. The highest BCUT2D eigenvalue weighted by Crippen LogP contribution is 2.23. The summed E-state index contributed by atoms with van der Waals surface area (Å²) in [7, 11) is 0. The number of esters is 1. The SMILES string of the molecule is C[C@@H](NC(=O)COC(=O)c1ccc([N+](=O)[O-])cc1Cl)c1cccc(Cl)c1. The maximum atomic E-state index is 12.0. The Hall–Kier alpha value is -2.64. The van der Waals surface area contributed by atoms with Crippen molar-refractivity contribution < 1.29 is 19.2 Å². The van der Waals surface area contributed by atoms with Gasteiger partial charge >= 0.3 is 5.97 Å². The number of carbonyl (C=O) groups excluding carboxylic acids is 2. The van der Waals surface area contributed by atoms with E-state index in [9.17, 15) is 19.7 Å². The van der Waals surface area contributed by atoms with Crippen LogP contribution in [0, 0.1) is 10.1 Å². The summed E-state index contributed by atoms with van der Waals surface area (Å²) in [5.74, 6) is -1.36. The van der Waals surface area contributed by atoms with Crippen LogP contribution in [0.15, 0.2) is 42.5 Å². The van der Waals surface area contributed by atoms with Crippen molar-refractivity contribution in [1.82, 2.24) is 5.32 Å². The quantitative estimate of drug-likeness (QED) is 0.452. The number of nitro benzene ring substituents is 1. The maximum absolute atomic E-state index is 12.0. The highest BCUT2D eigenvalue weighted by molar-refractivity contribution is 6.33. The van der Waals surface area contributed by atoms with Crippen molar-refractivity contribution in [1.29, 1.82) is 0 Å². The monoisotopic (exact) mass is 396 g/mol. The first-order valence-electron chi connectivity index (χ1n) is 7.44. The average molecular weight is 397 g/mol. The van der Waals surface area contributed by atoms with Gasteiger partial charge in [0.2, 0.25) is 0 Å². The van der Waals surface area contributed by atoms with Crippen LogP contribution in [0.25, 0.3) is 0 Å². The van der Waals surface area contributed by atoms with E-state index in [4.69, 9.17) is 27.9 Å². The summed E-state index contributed by atoms with van der Waals surface area (Å²) in [6, 6.07) is 10.0. The molecule has 0 spiro atoms. The van der Waals surface area contributed by atoms with Crippen molar-refractivity contribution in [3.8, 4) is 0 Å². The molecule has 0 radical (unpaired) electrons. The number of rotatable bonds is 6. The molecule has 1 N–H and O–H groups in total. The summed E-state index contributed by atoms with van der Waals surface area (Å²) in [6.45, 7) is 1.25. The Morgan fingerprint density at radius 2 is 1.96 bits per heavy atom. The van der Waals surface area contributed by atoms with Crippen LogP contribution in [-0.4, -0.2) is 23.4 Å². The van der Waals surface area contributed by atoms with Crippen molar-refractivity contribution >= 4 is 40.8 Å². The van der Waals surface area contributed by atoms with Crippen molar-refractivity contribution in [2.45, 2.75) is 13.0 Å². The zero-order chi connectivity index (χ0) is 19.3. The van der Waals surface area contributed by atoms with E-state index in [0.717, 1.165) is 17.7 Å². The molecule has 9 heteroatoms. The maximum Gasteiger partial charge on any atom is 0.340 e. The lowest BCUT2D eigenvalue weighted by molar-refractivity contribution is -0.384. The van der Waals surface area contributed by atoms with Gasteiger partial charge < -0.3 is 10.1 Å². The Kier molecular flexibility index (Phi) is 6.54. The zero-order valence-corrected chi connectivity index (χ0v) is 15.1. The van der Waals surface area contributed by atoms with Gasteiger partial charge in [-0.05, 0) is 30.7 Å². The highest BCUT2D eigenvalue weighted by Gasteiger charge is 2.18. The van der Waals surface area contributed by atoms with E-state index < -0.39 is 23.4 Å². The fourth-order valence-electron chi connectivity index (χ4n) is 2.13. The summed E-state index contributed by atoms with van der Waals surface area (Å²) >= 11 is 11.7. The molecule has 26 heavy (non-hydrogen) atoms. The van der Waals surface area contributed by atoms with E-state index in [1.807, 2.05) is 0 Å². The van der Waals surface area contributed by atoms with Crippen molar-refractivity contribution in [2.24, 2.45) is 0 Å². The van der Waals surface area contributed by atoms with E-state index in [0.29, 0.717) is 5.02 Å². The fraction of sp³-hybridized carbons (Fsp3) is 0.176. The van der Waals surface area contributed by atoms with Crippen LogP contribution in [0.4, 0.5) is 5.69 Å². The van der Waals surface area contributed by atoms with E-state index in [1.165, 1.54) is 6.07 Å². The molecular weight excluding hydrogens is 383 g/mol. The molecule has 7 nitrogen and oxygen atoms in total. The Morgan fingerprint density at radius 3 is 2.58 bits per heavy atom. The van der Waals surface area contributed by atoms with Crippen LogP contribution >= 0.6 is 23.2 Å². The molecule has 0 aromatic heterocycles. The average Bonchev–Trinajstić information content (AvgIpc) is 2.59. The normalized spacial score (nSPS) is 11.5. The number of hydrogen-bond donors (Lipinski definition) is 1. The summed E-state index contributed by atoms with van der Waals surface area (Å²) in [5, 5.41) is 13.7. The number of benzene rings is 2. The Morgan fingerprint density at radius 1 is 1.23 bits per heavy atom. The van der Waals surface area contributed by atoms with Crippen LogP contribution in [0.1, 0.15) is 28.9 Å². The van der Waals surface area contributed by atoms with Crippen LogP contribution in [0.3, 0.4) is 0 Å². The highest BCUT2D eigenvalue weighted by atomic mass is 35.5. The molecule has 0 aliphatic rings. The number of carbonyl (C=O) groups is 2. The number of non-ortho nitro benzene ring substituents is 1. The van der Waals surface area contributed by atoms with Crippen LogP contribution in [-0.2, 0) is 9.53 Å². The first-order chi connectivity index (χ1) is 12.3. The van der Waals surface area contributed by atoms with Gasteiger partial charge in [-0.1, -0.05) is 35.3 Å². The smallest absolute Gasteiger partial charge is 0.340 e. The Balaban J connectivity index is 1.92. The van der Waals surface area contributed by atoms with E-state index in [2.05, 4.69) is 5.32 Å². The van der Waals surface area contributed by atoms with E-state index in [1.54, 1.807) is 31.2 Å². The molecule has 0 unspecified atom stereocenters. The second kappa shape index (κ2) is 8.64. The minimum Gasteiger partial charge on any atom is -0.452 e. The molecule has 1 amide bonds. The largest absolute Gasteiger partial charge is 0.452 e. The van der Waals surface area contributed by atoms with Gasteiger partial charge in [-0.25, -0.2) is 4.79 Å². The van der Waals surface area contributed by atoms with Crippen molar-refractivity contribution in [3.05, 3.63) is 73.8 Å². The van der Waals surface area contributed by atoms with Gasteiger partial charge in [-0.3, -0.25) is 14.9 Å². The molecule has 0 saturated carbocycles. The summed E-state index contributed by atoms with van der Waals surface area (Å²) in [5.41, 5.74) is 0.489. The van der Waals surface area contributed by atoms with Crippen LogP contribution in [0.5, 0.6) is 0 Å². The first kappa shape index (κ1) is 19.7. The topological polar surface area (TPSA) is 98.5 Å². The number of halogens is 2. The molecule has 2 aromatic carbocycles. The molecule has 136 valence electrons. The predicted octanol–water partition coefficient (Wildman–Crippen LogP) is 3.94. The van der Waals surface area contributed by atoms with Gasteiger partial charge in [0.15, 0.2) is 6.61 Å². The molecule has 2 aromatic rings. The minimum atomic E-state index is -0.851. The number of ether oxygens (including phenoxy) is 1. The third-order valence-electron chi connectivity index (χ3n) is 3.44. The van der Waals surface area contributed by atoms with Crippen molar-refractivity contribution in [2.75, 3.05) is 6.61 Å². The number of amides is 1. The Labute approximate surface area is 159 Å². The van der Waals surface area contributed by atoms with E-state index in [-0.39, 0.29) is 22.3 Å². The van der Waals surface area contributed by atoms with Gasteiger partial charge in [0.25, 0.3) is 11.6 Å². The predicted molar refractivity (Wildman–Crippen MR) is 96.4 cm³/mol. The van der Waals surface area contributed by atoms with E-state index >= 15 is 0 Å². The van der Waals surface area contributed by atoms with Gasteiger partial charge in [0, 0.05) is 17.2 Å². The molecule has 0 saturated heterocycles. The lowest BCUT2D eigenvalue weighted by atomic mass is 10.1. The standard InChI is InChI=1S/C17H14Cl2N2O5/c1-10(11-3-2-4-12(18)7-11)20-16(22)9-26-17(23)14-6-5-13(21(24)25)8-15(14)19/h2-8,10H,9H2,1H3,(H,20,22)/t10-/m1/s1. The summed E-state index contributed by atoms with van der Waals surface area (Å²) in [6.07, 6.45) is 0. The second-order valence-electron chi connectivity index (χ2n) is 5.34. The number of nitrogens with zero attached hydrogens (tertiary/aromatic N) is 1. The number of nitrogens with one attached hydrogen (secondary N) is 1. The fourth-order valence-corrected chi connectivity index (χ4v) is 2.59. The lowest BCUT2D eigenvalue weighted by Crippen LogP contribution is -2.31. The molecule has 0 bridgehead atoms. The molecule has 0 heterocycles. The third kappa shape index (κ3) is 5.18. The minimum absolute atomic E-state index is 0.0621. The molecule has 0 aliphatic heterocycles. The zero-order valence-electron chi connectivity index (χ0n) is 13.6. The van der Waals surface area contributed by atoms with Gasteiger partial charge in [0.05, 0.1) is 21.6 Å². The lowest BCUT2D eigenvalue weighted by Gasteiger charge is -2.14. The van der Waals surface area contributed by atoms with Gasteiger partial charge in [-0.2, -0.15) is 0 Å². The Bertz CT molecular complexity index is 857. The number of nitro groups is 1. The van der Waals surface area contributed by atoms with Gasteiger partial charge in [-0.15, -0.1) is 0 Å². The molecule has 0 fully saturated rings. The second-order valence-corrected chi connectivity index (χ2v) is 6.19. The number of hydrogen-bond acceptors (Lipinski definition) is 5. The van der Waals surface area contributed by atoms with Crippen molar-refractivity contribution in [3.63, 3.8) is 0 Å². The summed E-state index contributed by atoms with van der Waals surface area (Å²) < 4.78 is 4.90. The van der Waals surface area contributed by atoms with Gasteiger partial charge in [0.1, 0.15) is 0 Å². The van der Waals surface area contributed by atoms with Crippen LogP contribution < -0.4 is 5.32 Å². The van der Waals surface area contributed by atoms with Crippen LogP contribution in [0.2, 0.25) is 10.0 Å². The molecule has 2 rings (SSSR count). The molecule has 1 atom stereocenters. The third-order valence-corrected chi connectivity index (χ3v) is 3.99. The molecule has 0 aliphatic carbocycles.